The maximum atomic E-state index is 5.90. The molecule has 84 valence electrons. The third-order valence-electron chi connectivity index (χ3n) is 2.57. The van der Waals surface area contributed by atoms with Crippen LogP contribution in [0.1, 0.15) is 0 Å². The molecule has 3 aromatic rings. The first-order chi connectivity index (χ1) is 8.27. The maximum absolute atomic E-state index is 5.90. The summed E-state index contributed by atoms with van der Waals surface area (Å²) in [6.45, 7) is 0. The predicted molar refractivity (Wildman–Crippen MR) is 75.0 cm³/mol. The van der Waals surface area contributed by atoms with Crippen molar-refractivity contribution < 1.29 is 0 Å². The number of pyridine rings is 2. The van der Waals surface area contributed by atoms with Crippen molar-refractivity contribution in [2.75, 3.05) is 5.73 Å². The molecular formula is C12H8BrN3S. The average molecular weight is 306 g/mol. The summed E-state index contributed by atoms with van der Waals surface area (Å²) in [5, 5.41) is 3.03. The summed E-state index contributed by atoms with van der Waals surface area (Å²) in [7, 11) is 0. The van der Waals surface area contributed by atoms with Gasteiger partial charge in [-0.2, -0.15) is 0 Å². The largest absolute Gasteiger partial charge is 0.383 e. The Labute approximate surface area is 110 Å². The molecule has 0 spiro atoms. The lowest BCUT2D eigenvalue weighted by Gasteiger charge is -2.04. The highest BCUT2D eigenvalue weighted by Crippen LogP contribution is 2.39. The Morgan fingerprint density at radius 1 is 1.24 bits per heavy atom. The molecular weight excluding hydrogens is 298 g/mol. The van der Waals surface area contributed by atoms with Crippen LogP contribution in [0, 0.1) is 0 Å². The average Bonchev–Trinajstić information content (AvgIpc) is 2.74. The van der Waals surface area contributed by atoms with E-state index in [4.69, 9.17) is 5.73 Å². The van der Waals surface area contributed by atoms with Crippen molar-refractivity contribution in [2.24, 2.45) is 0 Å². The second kappa shape index (κ2) is 4.09. The number of nitrogens with two attached hydrogens (primary N) is 1. The normalized spacial score (nSPS) is 10.9. The van der Waals surface area contributed by atoms with E-state index in [0.717, 1.165) is 25.7 Å². The summed E-state index contributed by atoms with van der Waals surface area (Å²) in [5.41, 5.74) is 8.10. The quantitative estimate of drug-likeness (QED) is 0.746. The van der Waals surface area contributed by atoms with Crippen molar-refractivity contribution in [3.8, 4) is 11.1 Å². The van der Waals surface area contributed by atoms with E-state index >= 15 is 0 Å². The smallest absolute Gasteiger partial charge is 0.133 e. The molecule has 3 nitrogen and oxygen atoms in total. The van der Waals surface area contributed by atoms with Crippen LogP contribution in [0.15, 0.2) is 40.6 Å². The standard InChI is InChI=1S/C12H8BrN3S/c13-9-6-17-11-8(5-16-12(14)10(9)11)7-1-3-15-4-2-7/h1-6H,(H2,14,16). The number of halogens is 1. The van der Waals surface area contributed by atoms with Crippen LogP contribution in [0.5, 0.6) is 0 Å². The topological polar surface area (TPSA) is 51.8 Å². The lowest BCUT2D eigenvalue weighted by atomic mass is 10.1. The molecule has 0 amide bonds. The molecule has 0 aliphatic rings. The fraction of sp³-hybridized carbons (Fsp3) is 0. The zero-order valence-corrected chi connectivity index (χ0v) is 11.1. The summed E-state index contributed by atoms with van der Waals surface area (Å²) in [5.74, 6) is 0.561. The first kappa shape index (κ1) is 10.7. The summed E-state index contributed by atoms with van der Waals surface area (Å²) in [6.07, 6.45) is 5.37. The summed E-state index contributed by atoms with van der Waals surface area (Å²) >= 11 is 5.16. The van der Waals surface area contributed by atoms with Crippen molar-refractivity contribution >= 4 is 43.2 Å². The molecule has 0 atom stereocenters. The molecule has 0 unspecified atom stereocenters. The van der Waals surface area contributed by atoms with Gasteiger partial charge in [-0.15, -0.1) is 11.3 Å². The van der Waals surface area contributed by atoms with Gasteiger partial charge in [0.1, 0.15) is 5.82 Å². The van der Waals surface area contributed by atoms with Gasteiger partial charge in [-0.05, 0) is 33.6 Å². The van der Waals surface area contributed by atoms with Gasteiger partial charge in [-0.3, -0.25) is 4.98 Å². The molecule has 3 rings (SSSR count). The van der Waals surface area contributed by atoms with Crippen LogP contribution in [-0.2, 0) is 0 Å². The van der Waals surface area contributed by atoms with Crippen LogP contribution in [0.2, 0.25) is 0 Å². The molecule has 0 aliphatic carbocycles. The van der Waals surface area contributed by atoms with Gasteiger partial charge in [0.2, 0.25) is 0 Å². The first-order valence-electron chi connectivity index (χ1n) is 4.99. The number of nitrogens with zero attached hydrogens (tertiary/aromatic N) is 2. The zero-order valence-electron chi connectivity index (χ0n) is 8.72. The summed E-state index contributed by atoms with van der Waals surface area (Å²) < 4.78 is 2.15. The molecule has 2 N–H and O–H groups in total. The molecule has 0 aromatic carbocycles. The number of aromatic nitrogens is 2. The maximum Gasteiger partial charge on any atom is 0.133 e. The van der Waals surface area contributed by atoms with Gasteiger partial charge in [0, 0.05) is 44.1 Å². The van der Waals surface area contributed by atoms with E-state index in [1.165, 1.54) is 0 Å². The highest BCUT2D eigenvalue weighted by Gasteiger charge is 2.11. The number of hydrogen-bond acceptors (Lipinski definition) is 4. The van der Waals surface area contributed by atoms with Crippen LogP contribution in [0.4, 0.5) is 5.82 Å². The second-order valence-corrected chi connectivity index (χ2v) is 5.31. The molecule has 0 radical (unpaired) electrons. The minimum absolute atomic E-state index is 0.561. The molecule has 0 aliphatic heterocycles. The Hall–Kier alpha value is -1.46. The Kier molecular flexibility index (Phi) is 2.57. The lowest BCUT2D eigenvalue weighted by Crippen LogP contribution is -1.91. The number of fused-ring (bicyclic) bond motifs is 1. The molecule has 0 saturated heterocycles. The summed E-state index contributed by atoms with van der Waals surface area (Å²) in [6, 6.07) is 3.94. The van der Waals surface area contributed by atoms with E-state index in [1.54, 1.807) is 23.7 Å². The Bertz CT molecular complexity index is 679. The molecule has 0 saturated carbocycles. The van der Waals surface area contributed by atoms with Gasteiger partial charge >= 0.3 is 0 Å². The lowest BCUT2D eigenvalue weighted by molar-refractivity contribution is 1.32. The van der Waals surface area contributed by atoms with Crippen molar-refractivity contribution in [1.29, 1.82) is 0 Å². The van der Waals surface area contributed by atoms with Crippen LogP contribution in [-0.4, -0.2) is 9.97 Å². The third-order valence-corrected chi connectivity index (χ3v) is 4.51. The van der Waals surface area contributed by atoms with Gasteiger partial charge in [0.15, 0.2) is 0 Å². The number of rotatable bonds is 1. The number of nitrogen functional groups attached to an aromatic ring is 1. The van der Waals surface area contributed by atoms with Crippen LogP contribution < -0.4 is 5.73 Å². The molecule has 3 heterocycles. The van der Waals surface area contributed by atoms with Crippen molar-refractivity contribution in [3.05, 3.63) is 40.6 Å². The van der Waals surface area contributed by atoms with E-state index in [1.807, 2.05) is 23.7 Å². The van der Waals surface area contributed by atoms with Crippen molar-refractivity contribution in [3.63, 3.8) is 0 Å². The van der Waals surface area contributed by atoms with E-state index in [-0.39, 0.29) is 0 Å². The van der Waals surface area contributed by atoms with Crippen molar-refractivity contribution in [2.45, 2.75) is 0 Å². The van der Waals surface area contributed by atoms with E-state index in [9.17, 15) is 0 Å². The van der Waals surface area contributed by atoms with E-state index in [0.29, 0.717) is 5.82 Å². The third kappa shape index (κ3) is 1.71. The van der Waals surface area contributed by atoms with Gasteiger partial charge in [-0.1, -0.05) is 0 Å². The Morgan fingerprint density at radius 3 is 2.76 bits per heavy atom. The number of anilines is 1. The molecule has 3 aromatic heterocycles. The highest BCUT2D eigenvalue weighted by atomic mass is 79.9. The van der Waals surface area contributed by atoms with E-state index in [2.05, 4.69) is 25.9 Å². The van der Waals surface area contributed by atoms with Crippen molar-refractivity contribution in [1.82, 2.24) is 9.97 Å². The second-order valence-electron chi connectivity index (χ2n) is 3.58. The van der Waals surface area contributed by atoms with Crippen LogP contribution in [0.25, 0.3) is 21.2 Å². The number of thiophene rings is 1. The minimum Gasteiger partial charge on any atom is -0.383 e. The van der Waals surface area contributed by atoms with Gasteiger partial charge in [0.05, 0.1) is 0 Å². The fourth-order valence-electron chi connectivity index (χ4n) is 1.77. The van der Waals surface area contributed by atoms with Crippen LogP contribution >= 0.6 is 27.3 Å². The predicted octanol–water partition coefficient (Wildman–Crippen LogP) is 3.70. The van der Waals surface area contributed by atoms with Gasteiger partial charge in [0.25, 0.3) is 0 Å². The fourth-order valence-corrected chi connectivity index (χ4v) is 3.55. The Balaban J connectivity index is 2.36. The Morgan fingerprint density at radius 2 is 2.00 bits per heavy atom. The highest BCUT2D eigenvalue weighted by molar-refractivity contribution is 9.10. The number of hydrogen-bond donors (Lipinski definition) is 1. The summed E-state index contributed by atoms with van der Waals surface area (Å²) in [4.78, 5) is 8.27. The minimum atomic E-state index is 0.561. The molecule has 17 heavy (non-hydrogen) atoms. The van der Waals surface area contributed by atoms with E-state index < -0.39 is 0 Å². The molecule has 5 heteroatoms. The first-order valence-corrected chi connectivity index (χ1v) is 6.66. The molecule has 0 bridgehead atoms. The van der Waals surface area contributed by atoms with Gasteiger partial charge in [-0.25, -0.2) is 4.98 Å². The monoisotopic (exact) mass is 305 g/mol. The van der Waals surface area contributed by atoms with Crippen LogP contribution in [0.3, 0.4) is 0 Å². The SMILES string of the molecule is Nc1ncc(-c2ccncc2)c2scc(Br)c12. The molecule has 0 fully saturated rings. The zero-order chi connectivity index (χ0) is 11.8. The van der Waals surface area contributed by atoms with Gasteiger partial charge < -0.3 is 5.73 Å².